The fourth-order valence-corrected chi connectivity index (χ4v) is 1.81. The van der Waals surface area contributed by atoms with Gasteiger partial charge in [-0.2, -0.15) is 0 Å². The Bertz CT molecular complexity index is 575. The molecule has 0 saturated carbocycles. The van der Waals surface area contributed by atoms with E-state index in [4.69, 9.17) is 33.7 Å². The molecule has 0 aliphatic rings. The van der Waals surface area contributed by atoms with E-state index < -0.39 is 0 Å². The summed E-state index contributed by atoms with van der Waals surface area (Å²) in [6.45, 7) is 0. The average Bonchev–Trinajstić information content (AvgIpc) is 2.36. The number of nitrogen functional groups attached to an aromatic ring is 1. The molecule has 0 atom stereocenters. The maximum Gasteiger partial charge on any atom is 0.151 e. The zero-order chi connectivity index (χ0) is 13.1. The summed E-state index contributed by atoms with van der Waals surface area (Å²) in [5.41, 5.74) is 6.43. The third-order valence-corrected chi connectivity index (χ3v) is 2.88. The maximum atomic E-state index is 6.03. The fourth-order valence-electron chi connectivity index (χ4n) is 1.41. The van der Waals surface area contributed by atoms with E-state index in [-0.39, 0.29) is 5.82 Å². The molecule has 0 radical (unpaired) electrons. The first-order chi connectivity index (χ1) is 8.60. The van der Waals surface area contributed by atoms with Crippen molar-refractivity contribution in [3.8, 4) is 5.75 Å². The first-order valence-corrected chi connectivity index (χ1v) is 5.88. The minimum Gasteiger partial charge on any atom is -0.497 e. The van der Waals surface area contributed by atoms with Crippen molar-refractivity contribution in [1.29, 1.82) is 0 Å². The summed E-state index contributed by atoms with van der Waals surface area (Å²) in [6.07, 6.45) is 0. The number of hydrogen-bond acceptors (Lipinski definition) is 4. The van der Waals surface area contributed by atoms with E-state index in [0.29, 0.717) is 15.9 Å². The minimum atomic E-state index is 0.228. The summed E-state index contributed by atoms with van der Waals surface area (Å²) in [4.78, 5) is 4.08. The van der Waals surface area contributed by atoms with Gasteiger partial charge < -0.3 is 15.8 Å². The molecular weight excluding hydrogens is 273 g/mol. The van der Waals surface area contributed by atoms with E-state index in [0.717, 1.165) is 11.4 Å². The van der Waals surface area contributed by atoms with Gasteiger partial charge in [0.2, 0.25) is 0 Å². The third kappa shape index (κ3) is 2.78. The molecule has 2 aromatic rings. The number of methoxy groups -OCH3 is 1. The number of hydrogen-bond donors (Lipinski definition) is 2. The SMILES string of the molecule is COc1cccc(Nc2nc(N)c(Cl)cc2Cl)c1. The molecule has 0 spiro atoms. The molecule has 0 unspecified atom stereocenters. The highest BCUT2D eigenvalue weighted by atomic mass is 35.5. The summed E-state index contributed by atoms with van der Waals surface area (Å²) >= 11 is 11.8. The largest absolute Gasteiger partial charge is 0.497 e. The molecule has 0 saturated heterocycles. The van der Waals surface area contributed by atoms with Crippen LogP contribution in [0.4, 0.5) is 17.3 Å². The average molecular weight is 284 g/mol. The van der Waals surface area contributed by atoms with Crippen molar-refractivity contribution >= 4 is 40.5 Å². The number of halogens is 2. The standard InChI is InChI=1S/C12H11Cl2N3O/c1-18-8-4-2-3-7(5-8)16-12-10(14)6-9(13)11(15)17-12/h2-6H,1H3,(H3,15,16,17). The predicted molar refractivity (Wildman–Crippen MR) is 74.9 cm³/mol. The fraction of sp³-hybridized carbons (Fsp3) is 0.0833. The van der Waals surface area contributed by atoms with E-state index in [1.807, 2.05) is 24.3 Å². The normalized spacial score (nSPS) is 10.2. The summed E-state index contributed by atoms with van der Waals surface area (Å²) in [5, 5.41) is 3.78. The van der Waals surface area contributed by atoms with Crippen LogP contribution >= 0.6 is 23.2 Å². The van der Waals surface area contributed by atoms with Gasteiger partial charge in [0.05, 0.1) is 17.2 Å². The Morgan fingerprint density at radius 1 is 1.22 bits per heavy atom. The van der Waals surface area contributed by atoms with Gasteiger partial charge in [0, 0.05) is 11.8 Å². The first-order valence-electron chi connectivity index (χ1n) is 5.12. The molecule has 18 heavy (non-hydrogen) atoms. The number of anilines is 3. The summed E-state index contributed by atoms with van der Waals surface area (Å²) in [5.74, 6) is 1.41. The molecule has 2 rings (SSSR count). The molecule has 1 heterocycles. The quantitative estimate of drug-likeness (QED) is 0.901. The van der Waals surface area contributed by atoms with Crippen molar-refractivity contribution in [2.45, 2.75) is 0 Å². The highest BCUT2D eigenvalue weighted by Crippen LogP contribution is 2.30. The Hall–Kier alpha value is -1.65. The number of aromatic nitrogens is 1. The molecule has 0 aliphatic heterocycles. The molecule has 1 aromatic heterocycles. The Morgan fingerprint density at radius 2 is 2.00 bits per heavy atom. The van der Waals surface area contributed by atoms with Gasteiger partial charge in [-0.3, -0.25) is 0 Å². The molecule has 0 amide bonds. The van der Waals surface area contributed by atoms with E-state index in [1.54, 1.807) is 13.2 Å². The van der Waals surface area contributed by atoms with Crippen molar-refractivity contribution in [2.24, 2.45) is 0 Å². The monoisotopic (exact) mass is 283 g/mol. The van der Waals surface area contributed by atoms with Crippen LogP contribution in [0.25, 0.3) is 0 Å². The molecule has 6 heteroatoms. The van der Waals surface area contributed by atoms with Crippen LogP contribution in [0.5, 0.6) is 5.75 Å². The zero-order valence-electron chi connectivity index (χ0n) is 9.58. The lowest BCUT2D eigenvalue weighted by Crippen LogP contribution is -1.99. The lowest BCUT2D eigenvalue weighted by atomic mass is 10.3. The summed E-state index contributed by atoms with van der Waals surface area (Å²) in [7, 11) is 1.60. The second-order valence-electron chi connectivity index (χ2n) is 3.54. The van der Waals surface area contributed by atoms with Crippen molar-refractivity contribution in [2.75, 3.05) is 18.2 Å². The lowest BCUT2D eigenvalue weighted by molar-refractivity contribution is 0.415. The molecule has 94 valence electrons. The van der Waals surface area contributed by atoms with E-state index in [9.17, 15) is 0 Å². The van der Waals surface area contributed by atoms with Crippen LogP contribution in [0.1, 0.15) is 0 Å². The first kappa shape index (κ1) is 12.8. The van der Waals surface area contributed by atoms with Crippen molar-refractivity contribution in [1.82, 2.24) is 4.98 Å². The number of nitrogens with one attached hydrogen (secondary N) is 1. The van der Waals surface area contributed by atoms with Gasteiger partial charge >= 0.3 is 0 Å². The zero-order valence-corrected chi connectivity index (χ0v) is 11.1. The van der Waals surface area contributed by atoms with Gasteiger partial charge in [0.15, 0.2) is 5.82 Å². The van der Waals surface area contributed by atoms with Crippen LogP contribution in [0.2, 0.25) is 10.0 Å². The van der Waals surface area contributed by atoms with Gasteiger partial charge in [-0.15, -0.1) is 0 Å². The van der Waals surface area contributed by atoms with E-state index >= 15 is 0 Å². The Morgan fingerprint density at radius 3 is 2.72 bits per heavy atom. The van der Waals surface area contributed by atoms with Gasteiger partial charge in [-0.1, -0.05) is 29.3 Å². The minimum absolute atomic E-state index is 0.228. The highest BCUT2D eigenvalue weighted by molar-refractivity contribution is 6.37. The van der Waals surface area contributed by atoms with Crippen molar-refractivity contribution in [3.63, 3.8) is 0 Å². The Kier molecular flexibility index (Phi) is 3.79. The number of rotatable bonds is 3. The Labute approximate surface area is 115 Å². The van der Waals surface area contributed by atoms with Crippen LogP contribution in [-0.4, -0.2) is 12.1 Å². The predicted octanol–water partition coefficient (Wildman–Crippen LogP) is 3.72. The second kappa shape index (κ2) is 5.33. The van der Waals surface area contributed by atoms with Crippen molar-refractivity contribution < 1.29 is 4.74 Å². The van der Waals surface area contributed by atoms with Crippen molar-refractivity contribution in [3.05, 3.63) is 40.4 Å². The van der Waals surface area contributed by atoms with Crippen LogP contribution < -0.4 is 15.8 Å². The van der Waals surface area contributed by atoms with E-state index in [2.05, 4.69) is 10.3 Å². The summed E-state index contributed by atoms with van der Waals surface area (Å²) in [6, 6.07) is 8.94. The van der Waals surface area contributed by atoms with Crippen LogP contribution in [0.3, 0.4) is 0 Å². The molecule has 0 bridgehead atoms. The number of ether oxygens (including phenoxy) is 1. The Balaban J connectivity index is 2.30. The number of nitrogens with zero attached hydrogens (tertiary/aromatic N) is 1. The molecular formula is C12H11Cl2N3O. The number of pyridine rings is 1. The number of benzene rings is 1. The maximum absolute atomic E-state index is 6.03. The molecule has 0 aliphatic carbocycles. The molecule has 0 fully saturated rings. The van der Waals surface area contributed by atoms with Gasteiger partial charge in [0.1, 0.15) is 11.6 Å². The molecule has 4 nitrogen and oxygen atoms in total. The number of nitrogens with two attached hydrogens (primary N) is 1. The summed E-state index contributed by atoms with van der Waals surface area (Å²) < 4.78 is 5.13. The van der Waals surface area contributed by atoms with Crippen LogP contribution in [0.15, 0.2) is 30.3 Å². The third-order valence-electron chi connectivity index (χ3n) is 2.29. The lowest BCUT2D eigenvalue weighted by Gasteiger charge is -2.10. The molecule has 1 aromatic carbocycles. The smallest absolute Gasteiger partial charge is 0.151 e. The van der Waals surface area contributed by atoms with E-state index in [1.165, 1.54) is 0 Å². The van der Waals surface area contributed by atoms with Gasteiger partial charge in [-0.05, 0) is 18.2 Å². The van der Waals surface area contributed by atoms with Gasteiger partial charge in [0.25, 0.3) is 0 Å². The van der Waals surface area contributed by atoms with Crippen LogP contribution in [0, 0.1) is 0 Å². The van der Waals surface area contributed by atoms with Crippen LogP contribution in [-0.2, 0) is 0 Å². The molecule has 3 N–H and O–H groups in total. The topological polar surface area (TPSA) is 60.2 Å². The highest BCUT2D eigenvalue weighted by Gasteiger charge is 2.07. The van der Waals surface area contributed by atoms with Gasteiger partial charge in [-0.25, -0.2) is 4.98 Å². The second-order valence-corrected chi connectivity index (χ2v) is 4.36.